The molecule has 0 bridgehead atoms. The van der Waals surface area contributed by atoms with Gasteiger partial charge in [-0.3, -0.25) is 4.79 Å². The number of aryl methyl sites for hydroxylation is 2. The van der Waals surface area contributed by atoms with Crippen LogP contribution in [0.4, 0.5) is 0 Å². The van der Waals surface area contributed by atoms with Crippen LogP contribution in [-0.4, -0.2) is 12.5 Å². The highest BCUT2D eigenvalue weighted by molar-refractivity contribution is 5.93. The van der Waals surface area contributed by atoms with E-state index in [-0.39, 0.29) is 0 Å². The second kappa shape index (κ2) is 8.17. The third-order valence-corrected chi connectivity index (χ3v) is 4.64. The van der Waals surface area contributed by atoms with Crippen molar-refractivity contribution in [2.75, 3.05) is 6.54 Å². The first-order valence-corrected chi connectivity index (χ1v) is 9.10. The Labute approximate surface area is 149 Å². The molecule has 1 aliphatic rings. The van der Waals surface area contributed by atoms with Crippen molar-refractivity contribution in [3.8, 4) is 11.5 Å². The molecule has 0 saturated carbocycles. The van der Waals surface area contributed by atoms with E-state index < -0.39 is 5.91 Å². The van der Waals surface area contributed by atoms with Crippen molar-refractivity contribution < 1.29 is 9.53 Å². The van der Waals surface area contributed by atoms with Crippen LogP contribution in [0.1, 0.15) is 53.2 Å². The smallest absolute Gasteiger partial charge is 0.248 e. The van der Waals surface area contributed by atoms with Crippen LogP contribution in [0.25, 0.3) is 0 Å². The number of carbonyl (C=O) groups excluding carboxylic acids is 1. The molecule has 2 aromatic carbocycles. The summed E-state index contributed by atoms with van der Waals surface area (Å²) in [6.07, 6.45) is 5.49. The van der Waals surface area contributed by atoms with Gasteiger partial charge in [-0.1, -0.05) is 31.9 Å². The van der Waals surface area contributed by atoms with Crippen LogP contribution < -0.4 is 15.8 Å². The van der Waals surface area contributed by atoms with Crippen molar-refractivity contribution in [3.63, 3.8) is 0 Å². The zero-order valence-corrected chi connectivity index (χ0v) is 14.8. The monoisotopic (exact) mass is 338 g/mol. The number of carbonyl (C=O) groups is 1. The van der Waals surface area contributed by atoms with Crippen LogP contribution in [0.5, 0.6) is 11.5 Å². The molecule has 0 fully saturated rings. The average Bonchev–Trinajstić information content (AvgIpc) is 2.79. The Bertz CT molecular complexity index is 756. The van der Waals surface area contributed by atoms with Gasteiger partial charge in [-0.05, 0) is 66.8 Å². The standard InChI is InChI=1S/C21H26N2O2/c1-2-3-4-11-23-14-15-5-9-19-16(12-15)6-7-17-13-18(21(22)24)8-10-20(17)25-19/h5,8-10,12-13,23H,2-4,6-7,11,14H2,1H3,(H2,22,24). The van der Waals surface area contributed by atoms with Crippen molar-refractivity contribution >= 4 is 5.91 Å². The maximum absolute atomic E-state index is 11.4. The summed E-state index contributed by atoms with van der Waals surface area (Å²) in [4.78, 5) is 11.4. The summed E-state index contributed by atoms with van der Waals surface area (Å²) in [5, 5.41) is 3.50. The predicted octanol–water partition coefficient (Wildman–Crippen LogP) is 3.96. The molecule has 0 unspecified atom stereocenters. The van der Waals surface area contributed by atoms with E-state index in [2.05, 4.69) is 30.4 Å². The summed E-state index contributed by atoms with van der Waals surface area (Å²) in [5.74, 6) is 1.32. The Balaban J connectivity index is 1.69. The van der Waals surface area contributed by atoms with E-state index in [9.17, 15) is 4.79 Å². The molecule has 3 rings (SSSR count). The van der Waals surface area contributed by atoms with Crippen LogP contribution in [-0.2, 0) is 19.4 Å². The maximum atomic E-state index is 11.4. The summed E-state index contributed by atoms with van der Waals surface area (Å²) in [6.45, 7) is 4.16. The third kappa shape index (κ3) is 4.40. The largest absolute Gasteiger partial charge is 0.457 e. The second-order valence-corrected chi connectivity index (χ2v) is 6.61. The molecule has 0 spiro atoms. The minimum atomic E-state index is -0.402. The van der Waals surface area contributed by atoms with Gasteiger partial charge in [0.2, 0.25) is 5.91 Å². The fourth-order valence-corrected chi connectivity index (χ4v) is 3.19. The number of nitrogens with two attached hydrogens (primary N) is 1. The minimum absolute atomic E-state index is 0.402. The molecular formula is C21H26N2O2. The fraction of sp³-hybridized carbons (Fsp3) is 0.381. The number of primary amides is 1. The molecule has 1 aliphatic heterocycles. The van der Waals surface area contributed by atoms with Gasteiger partial charge in [0, 0.05) is 12.1 Å². The number of hydrogen-bond donors (Lipinski definition) is 2. The highest BCUT2D eigenvalue weighted by Crippen LogP contribution is 2.34. The van der Waals surface area contributed by atoms with Gasteiger partial charge < -0.3 is 15.8 Å². The second-order valence-electron chi connectivity index (χ2n) is 6.61. The first-order valence-electron chi connectivity index (χ1n) is 9.10. The molecule has 0 saturated heterocycles. The van der Waals surface area contributed by atoms with Crippen molar-refractivity contribution in [2.24, 2.45) is 5.73 Å². The summed E-state index contributed by atoms with van der Waals surface area (Å²) < 4.78 is 6.08. The zero-order valence-electron chi connectivity index (χ0n) is 14.8. The number of benzene rings is 2. The van der Waals surface area contributed by atoms with Crippen LogP contribution in [0, 0.1) is 0 Å². The molecule has 1 heterocycles. The number of ether oxygens (including phenoxy) is 1. The van der Waals surface area contributed by atoms with Crippen molar-refractivity contribution in [1.82, 2.24) is 5.32 Å². The SMILES string of the molecule is CCCCCNCc1ccc2c(c1)CCc1cc(C(N)=O)ccc1O2. The molecule has 4 heteroatoms. The molecule has 0 aliphatic carbocycles. The van der Waals surface area contributed by atoms with Gasteiger partial charge >= 0.3 is 0 Å². The Kier molecular flexibility index (Phi) is 5.71. The quantitative estimate of drug-likeness (QED) is 0.751. The van der Waals surface area contributed by atoms with Gasteiger partial charge in [0.05, 0.1) is 0 Å². The first kappa shape index (κ1) is 17.5. The highest BCUT2D eigenvalue weighted by atomic mass is 16.5. The summed E-state index contributed by atoms with van der Waals surface area (Å²) in [7, 11) is 0. The number of unbranched alkanes of at least 4 members (excludes halogenated alkanes) is 2. The number of nitrogens with one attached hydrogen (secondary N) is 1. The Morgan fingerprint density at radius 2 is 1.80 bits per heavy atom. The van der Waals surface area contributed by atoms with Crippen molar-refractivity contribution in [2.45, 2.75) is 45.6 Å². The van der Waals surface area contributed by atoms with Gasteiger partial charge in [-0.2, -0.15) is 0 Å². The Morgan fingerprint density at radius 1 is 1.08 bits per heavy atom. The zero-order chi connectivity index (χ0) is 17.6. The molecule has 0 radical (unpaired) electrons. The number of hydrogen-bond acceptors (Lipinski definition) is 3. The van der Waals surface area contributed by atoms with E-state index in [0.717, 1.165) is 43.0 Å². The Hall–Kier alpha value is -2.33. The molecule has 3 N–H and O–H groups in total. The van der Waals surface area contributed by atoms with Crippen molar-refractivity contribution in [3.05, 3.63) is 58.7 Å². The number of amides is 1. The molecule has 0 aromatic heterocycles. The molecule has 132 valence electrons. The van der Waals surface area contributed by atoms with Crippen LogP contribution >= 0.6 is 0 Å². The lowest BCUT2D eigenvalue weighted by Crippen LogP contribution is -2.14. The lowest BCUT2D eigenvalue weighted by Gasteiger charge is -2.11. The van der Waals surface area contributed by atoms with Gasteiger partial charge in [0.1, 0.15) is 11.5 Å². The molecule has 25 heavy (non-hydrogen) atoms. The van der Waals surface area contributed by atoms with Gasteiger partial charge in [-0.25, -0.2) is 0 Å². The minimum Gasteiger partial charge on any atom is -0.457 e. The topological polar surface area (TPSA) is 64.3 Å². The van der Waals surface area contributed by atoms with Crippen LogP contribution in [0.3, 0.4) is 0 Å². The summed E-state index contributed by atoms with van der Waals surface area (Å²) >= 11 is 0. The normalized spacial score (nSPS) is 12.7. The molecule has 0 atom stereocenters. The lowest BCUT2D eigenvalue weighted by molar-refractivity contribution is 0.1000. The number of fused-ring (bicyclic) bond motifs is 2. The summed E-state index contributed by atoms with van der Waals surface area (Å²) in [5.41, 5.74) is 9.44. The molecule has 2 aromatic rings. The predicted molar refractivity (Wildman–Crippen MR) is 100 cm³/mol. The lowest BCUT2D eigenvalue weighted by atomic mass is 10.0. The fourth-order valence-electron chi connectivity index (χ4n) is 3.19. The third-order valence-electron chi connectivity index (χ3n) is 4.64. The number of rotatable bonds is 7. The molecule has 4 nitrogen and oxygen atoms in total. The van der Waals surface area contributed by atoms with Gasteiger partial charge in [0.15, 0.2) is 0 Å². The Morgan fingerprint density at radius 3 is 2.52 bits per heavy atom. The van der Waals surface area contributed by atoms with E-state index in [1.54, 1.807) is 6.07 Å². The van der Waals surface area contributed by atoms with Crippen molar-refractivity contribution in [1.29, 1.82) is 0 Å². The molecule has 1 amide bonds. The van der Waals surface area contributed by atoms with Gasteiger partial charge in [0.25, 0.3) is 0 Å². The van der Waals surface area contributed by atoms with E-state index in [4.69, 9.17) is 10.5 Å². The van der Waals surface area contributed by atoms with E-state index >= 15 is 0 Å². The van der Waals surface area contributed by atoms with Crippen LogP contribution in [0.15, 0.2) is 36.4 Å². The summed E-state index contributed by atoms with van der Waals surface area (Å²) in [6, 6.07) is 11.8. The highest BCUT2D eigenvalue weighted by Gasteiger charge is 2.16. The van der Waals surface area contributed by atoms with E-state index in [1.165, 1.54) is 30.4 Å². The van der Waals surface area contributed by atoms with Gasteiger partial charge in [-0.15, -0.1) is 0 Å². The first-order chi connectivity index (χ1) is 12.2. The van der Waals surface area contributed by atoms with Crippen LogP contribution in [0.2, 0.25) is 0 Å². The van der Waals surface area contributed by atoms with E-state index in [1.807, 2.05) is 12.1 Å². The average molecular weight is 338 g/mol. The molecular weight excluding hydrogens is 312 g/mol. The van der Waals surface area contributed by atoms with E-state index in [0.29, 0.717) is 5.56 Å². The maximum Gasteiger partial charge on any atom is 0.248 e.